The molecule has 62 valence electrons. The van der Waals surface area contributed by atoms with Gasteiger partial charge in [0, 0.05) is 0 Å². The van der Waals surface area contributed by atoms with E-state index in [2.05, 4.69) is 0 Å². The third kappa shape index (κ3) is 9.36. The van der Waals surface area contributed by atoms with Gasteiger partial charge in [-0.25, -0.2) is 0 Å². The molecule has 11 heavy (non-hydrogen) atoms. The average Bonchev–Trinajstić information content (AvgIpc) is 1.81. The molecule has 0 heterocycles. The van der Waals surface area contributed by atoms with Crippen molar-refractivity contribution < 1.29 is 64.3 Å². The minimum Gasteiger partial charge on any atom is -0.448 e. The Morgan fingerprint density at radius 2 is 1.45 bits per heavy atom. The van der Waals surface area contributed by atoms with Gasteiger partial charge in [0.1, 0.15) is 0 Å². The van der Waals surface area contributed by atoms with Crippen LogP contribution in [0.25, 0.3) is 0 Å². The Bertz CT molecular complexity index is 94.2. The first-order valence-electron chi connectivity index (χ1n) is 3.43. The molecule has 0 N–H and O–H groups in total. The largest absolute Gasteiger partial charge is 1.00 e. The first-order valence-corrected chi connectivity index (χ1v) is 3.43. The molecule has 0 atom stereocenters. The quantitative estimate of drug-likeness (QED) is 0.502. The Hall–Kier alpha value is 1.45. The molecule has 0 rings (SSSR count). The van der Waals surface area contributed by atoms with Crippen LogP contribution in [0.3, 0.4) is 0 Å². The summed E-state index contributed by atoms with van der Waals surface area (Å²) in [6.07, 6.45) is -0.729. The number of nitrogens with zero attached hydrogens (tertiary/aromatic N) is 1. The maximum atomic E-state index is 11.7. The molecule has 0 aromatic carbocycles. The zero-order valence-electron chi connectivity index (χ0n) is 7.28. The van der Waals surface area contributed by atoms with Crippen molar-refractivity contribution in [3.63, 3.8) is 0 Å². The second-order valence-electron chi connectivity index (χ2n) is 2.20. The van der Waals surface area contributed by atoms with Crippen molar-refractivity contribution in [1.29, 1.82) is 0 Å². The average molecular weight is 193 g/mol. The Kier molecular flexibility index (Phi) is 9.39. The number of hydrogen-bond donors (Lipinski definition) is 0. The summed E-state index contributed by atoms with van der Waals surface area (Å²) < 4.78 is 35.1. The molecule has 0 spiro atoms. The summed E-state index contributed by atoms with van der Waals surface area (Å²) in [5, 5.41) is 0. The zero-order chi connectivity index (χ0) is 8.20. The number of rotatable bonds is 4. The molecular weight excluding hydrogens is 181 g/mol. The van der Waals surface area contributed by atoms with E-state index in [4.69, 9.17) is 0 Å². The first-order chi connectivity index (χ1) is 4.49. The minimum atomic E-state index is -4.63. The molecule has 0 aromatic rings. The zero-order valence-corrected chi connectivity index (χ0v) is 10.4. The molecule has 0 unspecified atom stereocenters. The minimum absolute atomic E-state index is 0. The fourth-order valence-electron chi connectivity index (χ4n) is 0.775. The van der Waals surface area contributed by atoms with Crippen molar-refractivity contribution in [3.8, 4) is 0 Å². The van der Waals surface area contributed by atoms with Gasteiger partial charge >= 0.3 is 58.4 Å². The van der Waals surface area contributed by atoms with Crippen molar-refractivity contribution in [3.05, 3.63) is 0 Å². The monoisotopic (exact) mass is 193 g/mol. The van der Waals surface area contributed by atoms with E-state index < -0.39 is 13.4 Å². The van der Waals surface area contributed by atoms with Gasteiger partial charge in [0.2, 0.25) is 0 Å². The summed E-state index contributed by atoms with van der Waals surface area (Å²) in [4.78, 5) is 1.36. The molecule has 0 fully saturated rings. The molecule has 0 aliphatic rings. The maximum Gasteiger partial charge on any atom is 1.00 e. The van der Waals surface area contributed by atoms with Crippen LogP contribution in [-0.4, -0.2) is 31.4 Å². The van der Waals surface area contributed by atoms with Crippen LogP contribution in [0.2, 0.25) is 0 Å². The van der Waals surface area contributed by atoms with Gasteiger partial charge in [0.25, 0.3) is 0 Å². The van der Waals surface area contributed by atoms with Crippen molar-refractivity contribution in [2.45, 2.75) is 13.8 Å². The van der Waals surface area contributed by atoms with Crippen molar-refractivity contribution in [1.82, 2.24) is 4.90 Å². The maximum absolute atomic E-state index is 11.7. The second kappa shape index (κ2) is 6.91. The van der Waals surface area contributed by atoms with Crippen molar-refractivity contribution in [2.24, 2.45) is 0 Å². The summed E-state index contributed by atoms with van der Waals surface area (Å²) in [6, 6.07) is 0. The SMILES string of the molecule is CCN(CC)C[B-](F)(F)F.[K+]. The summed E-state index contributed by atoms with van der Waals surface area (Å²) in [6.45, 7) is -0.234. The third-order valence-corrected chi connectivity index (χ3v) is 1.36. The van der Waals surface area contributed by atoms with Gasteiger partial charge in [-0.3, -0.25) is 0 Å². The van der Waals surface area contributed by atoms with Gasteiger partial charge in [0.15, 0.2) is 0 Å². The first kappa shape index (κ1) is 14.9. The molecule has 0 amide bonds. The molecule has 0 saturated heterocycles. The molecule has 0 saturated carbocycles. The van der Waals surface area contributed by atoms with Crippen LogP contribution in [0.15, 0.2) is 0 Å². The second-order valence-corrected chi connectivity index (χ2v) is 2.20. The standard InChI is InChI=1S/C5H12BF3N.K/c1-3-10(4-2)5-6(7,8)9;/h3-5H2,1-2H3;/q-1;+1. The molecule has 1 nitrogen and oxygen atoms in total. The molecule has 0 radical (unpaired) electrons. The van der Waals surface area contributed by atoms with Crippen molar-refractivity contribution >= 4 is 6.98 Å². The Morgan fingerprint density at radius 1 is 1.09 bits per heavy atom. The van der Waals surface area contributed by atoms with Crippen LogP contribution >= 0.6 is 0 Å². The fraction of sp³-hybridized carbons (Fsp3) is 1.00. The Labute approximate surface area is 108 Å². The smallest absolute Gasteiger partial charge is 0.448 e. The van der Waals surface area contributed by atoms with E-state index in [0.717, 1.165) is 0 Å². The van der Waals surface area contributed by atoms with Crippen molar-refractivity contribution in [2.75, 3.05) is 19.5 Å². The Morgan fingerprint density at radius 3 is 1.55 bits per heavy atom. The normalized spacial score (nSPS) is 11.5. The van der Waals surface area contributed by atoms with E-state index in [1.807, 2.05) is 0 Å². The molecule has 0 aliphatic carbocycles. The molecule has 0 aromatic heterocycles. The third-order valence-electron chi connectivity index (χ3n) is 1.36. The summed E-state index contributed by atoms with van der Waals surface area (Å²) in [5.74, 6) is 0. The van der Waals surface area contributed by atoms with Gasteiger partial charge in [-0.2, -0.15) is 0 Å². The predicted octanol–water partition coefficient (Wildman–Crippen LogP) is -1.28. The van der Waals surface area contributed by atoms with E-state index in [1.165, 1.54) is 4.90 Å². The molecule has 6 heteroatoms. The molecular formula is C5H12BF3KN. The van der Waals surface area contributed by atoms with Crippen LogP contribution in [0.5, 0.6) is 0 Å². The Balaban J connectivity index is 0. The van der Waals surface area contributed by atoms with Crippen LogP contribution in [0, 0.1) is 0 Å². The van der Waals surface area contributed by atoms with Crippen LogP contribution in [-0.2, 0) is 0 Å². The van der Waals surface area contributed by atoms with Crippen LogP contribution in [0.4, 0.5) is 12.9 Å². The summed E-state index contributed by atoms with van der Waals surface area (Å²) in [5.41, 5.74) is 0. The van der Waals surface area contributed by atoms with Crippen LogP contribution < -0.4 is 51.4 Å². The van der Waals surface area contributed by atoms with Gasteiger partial charge in [0.05, 0.1) is 0 Å². The fourth-order valence-corrected chi connectivity index (χ4v) is 0.775. The number of hydrogen-bond acceptors (Lipinski definition) is 1. The summed E-state index contributed by atoms with van der Waals surface area (Å²) in [7, 11) is 0. The predicted molar refractivity (Wildman–Crippen MR) is 36.9 cm³/mol. The molecule has 0 bridgehead atoms. The van der Waals surface area contributed by atoms with Crippen LogP contribution in [0.1, 0.15) is 13.8 Å². The van der Waals surface area contributed by atoms with E-state index in [0.29, 0.717) is 13.1 Å². The van der Waals surface area contributed by atoms with Gasteiger partial charge in [-0.1, -0.05) is 13.8 Å². The van der Waals surface area contributed by atoms with E-state index >= 15 is 0 Å². The number of halogens is 3. The molecule has 0 aliphatic heterocycles. The van der Waals surface area contributed by atoms with Gasteiger partial charge < -0.3 is 17.8 Å². The van der Waals surface area contributed by atoms with E-state index in [9.17, 15) is 12.9 Å². The van der Waals surface area contributed by atoms with E-state index in [1.54, 1.807) is 13.8 Å². The summed E-state index contributed by atoms with van der Waals surface area (Å²) >= 11 is 0. The van der Waals surface area contributed by atoms with E-state index in [-0.39, 0.29) is 51.4 Å². The van der Waals surface area contributed by atoms with Gasteiger partial charge in [-0.05, 0) is 19.5 Å². The van der Waals surface area contributed by atoms with Gasteiger partial charge in [-0.15, -0.1) is 0 Å². The topological polar surface area (TPSA) is 3.24 Å².